The third kappa shape index (κ3) is 24.3. The Balaban J connectivity index is 1.18. The second-order valence-corrected chi connectivity index (χ2v) is 26.5. The molecule has 2 fully saturated rings. The van der Waals surface area contributed by atoms with Gasteiger partial charge in [-0.05, 0) is 120 Å². The highest BCUT2D eigenvalue weighted by Crippen LogP contribution is 2.24. The van der Waals surface area contributed by atoms with Gasteiger partial charge in [0.25, 0.3) is 0 Å². The molecule has 2 aliphatic rings. The molecule has 0 bridgehead atoms. The molecule has 2 saturated heterocycles. The maximum Gasteiger partial charge on any atom is 0.245 e. The van der Waals surface area contributed by atoms with E-state index in [-0.39, 0.29) is 102 Å². The van der Waals surface area contributed by atoms with Crippen molar-refractivity contribution >= 4 is 116 Å². The molecule has 10 atom stereocenters. The lowest BCUT2D eigenvalue weighted by molar-refractivity contribution is -0.142. The van der Waals surface area contributed by atoms with E-state index < -0.39 is 156 Å². The van der Waals surface area contributed by atoms with Gasteiger partial charge >= 0.3 is 0 Å². The highest BCUT2D eigenvalue weighted by Gasteiger charge is 2.41. The smallest absolute Gasteiger partial charge is 0.245 e. The van der Waals surface area contributed by atoms with E-state index in [1.165, 1.54) is 11.8 Å². The minimum Gasteiger partial charge on any atom is -0.370 e. The lowest BCUT2D eigenvalue weighted by atomic mass is 9.99. The number of nitrogens with two attached hydrogens (primary N) is 4. The van der Waals surface area contributed by atoms with Crippen LogP contribution in [0, 0.1) is 5.92 Å². The fraction of sp³-hybridized carbons (Fsp3) is 0.457. The monoisotopic (exact) mass is 1450 g/mol. The second-order valence-electron chi connectivity index (χ2n) is 26.1. The SMILES string of the molecule is CC(=O)N[C@H](Cc1ccc2ccccc2c1)C(=O)N[C@H](Cc1ccc(Cl)cc1)C(=O)N[C@H](Cc1c[nH]c2ccccc12)C(=O)N[C@@H](CC(=O)N=[N+]=[N-])C(=O)N[C@H]1CCC(=O)NCCCC[C@@H](C(=O)N2CCC[C@H]2C(=O)NC(CN)C(N)=O)NC(=O)[C@H](CC(C)C)NC(=O)[C@@H](CCCN=C(N)N)NC1=O. The molecule has 33 nitrogen and oxygen atoms in total. The number of aromatic nitrogens is 1. The molecule has 3 heterocycles. The number of guanidine groups is 1. The van der Waals surface area contributed by atoms with Crippen molar-refractivity contribution in [1.82, 2.24) is 63.1 Å². The van der Waals surface area contributed by atoms with E-state index in [4.69, 9.17) is 34.5 Å². The van der Waals surface area contributed by atoms with Gasteiger partial charge in [-0.3, -0.25) is 67.3 Å². The van der Waals surface area contributed by atoms with Crippen LogP contribution in [-0.2, 0) is 81.6 Å². The molecule has 556 valence electrons. The van der Waals surface area contributed by atoms with Crippen LogP contribution in [0.5, 0.6) is 0 Å². The molecule has 5 aromatic rings. The lowest BCUT2D eigenvalue weighted by Crippen LogP contribution is -2.61. The first-order chi connectivity index (χ1) is 49.7. The number of carbonyl (C=O) groups excluding carboxylic acids is 13. The summed E-state index contributed by atoms with van der Waals surface area (Å²) in [6.07, 6.45) is -0.0321. The van der Waals surface area contributed by atoms with Crippen LogP contribution in [0.3, 0.4) is 0 Å². The van der Waals surface area contributed by atoms with Crippen molar-refractivity contribution in [1.29, 1.82) is 0 Å². The minimum atomic E-state index is -2.01. The van der Waals surface area contributed by atoms with Gasteiger partial charge in [-0.1, -0.05) is 98.2 Å². The summed E-state index contributed by atoms with van der Waals surface area (Å²) in [4.78, 5) is 195. The number of para-hydroxylation sites is 1. The van der Waals surface area contributed by atoms with Crippen LogP contribution in [0.1, 0.15) is 108 Å². The molecule has 0 saturated carbocycles. The van der Waals surface area contributed by atoms with Crippen molar-refractivity contribution in [2.75, 3.05) is 26.2 Å². The molecule has 0 spiro atoms. The highest BCUT2D eigenvalue weighted by molar-refractivity contribution is 6.30. The molecular weight excluding hydrogens is 1360 g/mol. The van der Waals surface area contributed by atoms with E-state index in [0.29, 0.717) is 39.0 Å². The number of benzene rings is 4. The maximum absolute atomic E-state index is 15.2. The molecule has 0 aliphatic carbocycles. The number of nitrogens with one attached hydrogen (secondary N) is 11. The van der Waals surface area contributed by atoms with E-state index in [1.54, 1.807) is 68.6 Å². The van der Waals surface area contributed by atoms with Crippen molar-refractivity contribution in [3.05, 3.63) is 129 Å². The Morgan fingerprint density at radius 1 is 0.683 bits per heavy atom. The van der Waals surface area contributed by atoms with E-state index in [2.05, 4.69) is 73.2 Å². The Hall–Kier alpha value is -11.2. The van der Waals surface area contributed by atoms with Crippen LogP contribution in [-0.4, -0.2) is 179 Å². The van der Waals surface area contributed by atoms with Gasteiger partial charge in [0.2, 0.25) is 76.8 Å². The number of fused-ring (bicyclic) bond motifs is 2. The number of aliphatic imine (C=N–C) groups is 1. The predicted molar refractivity (Wildman–Crippen MR) is 385 cm³/mol. The first-order valence-corrected chi connectivity index (χ1v) is 34.7. The summed E-state index contributed by atoms with van der Waals surface area (Å²) < 4.78 is 0. The number of hydrogen-bond donors (Lipinski definition) is 15. The number of likely N-dealkylation sites (tertiary alicyclic amines) is 1. The Morgan fingerprint density at radius 3 is 1.99 bits per heavy atom. The zero-order valence-electron chi connectivity index (χ0n) is 58.0. The average Bonchev–Trinajstić information content (AvgIpc) is 1.65. The summed E-state index contributed by atoms with van der Waals surface area (Å²) in [5, 5.41) is 32.5. The largest absolute Gasteiger partial charge is 0.370 e. The summed E-state index contributed by atoms with van der Waals surface area (Å²) in [6.45, 7) is 4.55. The second kappa shape index (κ2) is 39.3. The van der Waals surface area contributed by atoms with Gasteiger partial charge in [-0.15, -0.1) is 0 Å². The Labute approximate surface area is 604 Å². The summed E-state index contributed by atoms with van der Waals surface area (Å²) in [6, 6.07) is 12.0. The summed E-state index contributed by atoms with van der Waals surface area (Å²) in [5.41, 5.74) is 34.0. The summed E-state index contributed by atoms with van der Waals surface area (Å²) in [7, 11) is 0. The van der Waals surface area contributed by atoms with Gasteiger partial charge in [-0.25, -0.2) is 0 Å². The van der Waals surface area contributed by atoms with Gasteiger partial charge < -0.3 is 86.0 Å². The van der Waals surface area contributed by atoms with E-state index in [0.717, 1.165) is 10.8 Å². The molecular formula is C70H91ClN20O13. The Kier molecular flexibility index (Phi) is 30.3. The quantitative estimate of drug-likeness (QED) is 0.00796. The molecule has 13 amide bonds. The number of primary amides is 1. The Morgan fingerprint density at radius 2 is 1.32 bits per heavy atom. The topological polar surface area (TPSA) is 526 Å². The molecule has 34 heteroatoms. The molecule has 1 aromatic heterocycles. The molecule has 1 unspecified atom stereocenters. The molecule has 0 radical (unpaired) electrons. The summed E-state index contributed by atoms with van der Waals surface area (Å²) in [5.74, 6) is -12.0. The number of carbonyl (C=O) groups is 13. The standard InChI is InChI=1S/C70H91ClN20O13/c1-38(2)30-51-63(98)83-50(69(104)91-29-11-18-57(91)68(103)88-56(36-72)60(73)95)16-8-9-27-77-58(93)26-25-49(62(97)81-48(61(96)84-51)17-10-28-78-70(74)75)82-67(102)55(35-59(94)89-90-76)87-66(101)54(34-44-37-79-47-15-7-6-14-46(44)47)86-65(100)53(32-40-20-23-45(71)24-21-40)85-64(99)52(80-39(3)92)33-41-19-22-42-12-4-5-13-43(42)31-41/h4-7,12-15,19-24,31,37-38,48-57,79H,8-11,16-18,25-30,32-36,72H2,1-3H3,(H2,73,95)(H,77,93)(H,80,92)(H,81,97)(H,82,102)(H,83,98)(H,84,96)(H,85,99)(H,86,100)(H,87,101)(H,88,103)(H4,74,75,78)/t48-,49+,50+,51+,52-,53-,54-,55+,56?,57+/m1/s1. The Bertz CT molecular complexity index is 4030. The number of amides is 13. The number of hydrogen-bond acceptors (Lipinski definition) is 15. The van der Waals surface area contributed by atoms with Gasteiger partial charge in [0.1, 0.15) is 60.4 Å². The van der Waals surface area contributed by atoms with Crippen molar-refractivity contribution in [3.8, 4) is 0 Å². The van der Waals surface area contributed by atoms with Crippen molar-refractivity contribution in [3.63, 3.8) is 0 Å². The van der Waals surface area contributed by atoms with Gasteiger partial charge in [0.05, 0.1) is 0 Å². The third-order valence-corrected chi connectivity index (χ3v) is 17.9. The van der Waals surface area contributed by atoms with Crippen LogP contribution in [0.2, 0.25) is 5.02 Å². The molecule has 104 heavy (non-hydrogen) atoms. The number of nitrogens with zero attached hydrogens (tertiary/aromatic N) is 5. The van der Waals surface area contributed by atoms with Crippen LogP contribution in [0.4, 0.5) is 0 Å². The van der Waals surface area contributed by atoms with Gasteiger partial charge in [0.15, 0.2) is 5.96 Å². The predicted octanol–water partition coefficient (Wildman–Crippen LogP) is 0.227. The normalized spacial score (nSPS) is 19.1. The van der Waals surface area contributed by atoms with E-state index in [9.17, 15) is 58.3 Å². The van der Waals surface area contributed by atoms with Crippen LogP contribution in [0.25, 0.3) is 32.1 Å². The number of aromatic amines is 1. The zero-order valence-corrected chi connectivity index (χ0v) is 58.8. The number of rotatable bonds is 28. The fourth-order valence-corrected chi connectivity index (χ4v) is 12.4. The first kappa shape index (κ1) is 80.1. The van der Waals surface area contributed by atoms with E-state index in [1.807, 2.05) is 42.5 Å². The maximum atomic E-state index is 15.2. The molecule has 19 N–H and O–H groups in total. The van der Waals surface area contributed by atoms with E-state index >= 15 is 9.59 Å². The highest BCUT2D eigenvalue weighted by atomic mass is 35.5. The molecule has 2 aliphatic heterocycles. The van der Waals surface area contributed by atoms with Crippen LogP contribution in [0.15, 0.2) is 107 Å². The van der Waals surface area contributed by atoms with Crippen molar-refractivity contribution in [2.24, 2.45) is 39.0 Å². The third-order valence-electron chi connectivity index (χ3n) is 17.6. The fourth-order valence-electron chi connectivity index (χ4n) is 12.3. The van der Waals surface area contributed by atoms with Crippen LogP contribution >= 0.6 is 11.6 Å². The van der Waals surface area contributed by atoms with Crippen molar-refractivity contribution in [2.45, 2.75) is 171 Å². The van der Waals surface area contributed by atoms with Crippen LogP contribution < -0.4 is 76.1 Å². The number of H-pyrrole nitrogens is 1. The molecule has 7 rings (SSSR count). The minimum absolute atomic E-state index is 0.000573. The number of halogens is 1. The molecule has 4 aromatic carbocycles. The van der Waals surface area contributed by atoms with Gasteiger partial charge in [0, 0.05) is 92.2 Å². The first-order valence-electron chi connectivity index (χ1n) is 34.4. The number of azide groups is 1. The van der Waals surface area contributed by atoms with Gasteiger partial charge in [-0.2, -0.15) is 0 Å². The lowest BCUT2D eigenvalue weighted by Gasteiger charge is -2.31. The average molecular weight is 1460 g/mol. The zero-order chi connectivity index (χ0) is 75.6. The van der Waals surface area contributed by atoms with Crippen molar-refractivity contribution < 1.29 is 62.3 Å². The summed E-state index contributed by atoms with van der Waals surface area (Å²) >= 11 is 6.26.